The minimum absolute atomic E-state index is 0.322. The van der Waals surface area contributed by atoms with Crippen LogP contribution >= 0.6 is 0 Å². The van der Waals surface area contributed by atoms with Gasteiger partial charge in [0.25, 0.3) is 0 Å². The third-order valence-electron chi connectivity index (χ3n) is 5.20. The summed E-state index contributed by atoms with van der Waals surface area (Å²) < 4.78 is 0. The van der Waals surface area contributed by atoms with Crippen molar-refractivity contribution in [2.24, 2.45) is 23.5 Å². The maximum Gasteiger partial charge on any atom is 0.223 e. The van der Waals surface area contributed by atoms with Gasteiger partial charge in [0, 0.05) is 25.0 Å². The van der Waals surface area contributed by atoms with Gasteiger partial charge in [0.2, 0.25) is 5.91 Å². The second kappa shape index (κ2) is 6.25. The minimum atomic E-state index is 0.322. The van der Waals surface area contributed by atoms with Crippen molar-refractivity contribution in [1.29, 1.82) is 0 Å². The fourth-order valence-electron chi connectivity index (χ4n) is 3.93. The lowest BCUT2D eigenvalue weighted by atomic mass is 9.82. The molecule has 0 bridgehead atoms. The molecule has 0 radical (unpaired) electrons. The van der Waals surface area contributed by atoms with Crippen molar-refractivity contribution in [1.82, 2.24) is 4.90 Å². The van der Waals surface area contributed by atoms with Crippen molar-refractivity contribution in [3.05, 3.63) is 0 Å². The SMILES string of the molecule is CC1CC(C)C(C)N(C(=O)CC2CCCC(N)C2)C1. The van der Waals surface area contributed by atoms with Crippen LogP contribution in [-0.2, 0) is 4.79 Å². The molecule has 3 nitrogen and oxygen atoms in total. The summed E-state index contributed by atoms with van der Waals surface area (Å²) in [6, 6.07) is 0.726. The lowest BCUT2D eigenvalue weighted by molar-refractivity contribution is -0.138. The van der Waals surface area contributed by atoms with Gasteiger partial charge in [-0.15, -0.1) is 0 Å². The molecule has 0 spiro atoms. The molecule has 2 N–H and O–H groups in total. The van der Waals surface area contributed by atoms with Crippen LogP contribution in [0.3, 0.4) is 0 Å². The van der Waals surface area contributed by atoms with E-state index in [0.29, 0.717) is 35.7 Å². The second-order valence-electron chi connectivity index (χ2n) is 7.10. The normalized spacial score (nSPS) is 40.2. The lowest BCUT2D eigenvalue weighted by Crippen LogP contribution is -2.49. The number of hydrogen-bond donors (Lipinski definition) is 1. The fourth-order valence-corrected chi connectivity index (χ4v) is 3.93. The van der Waals surface area contributed by atoms with Gasteiger partial charge in [-0.05, 0) is 50.4 Å². The molecule has 19 heavy (non-hydrogen) atoms. The Kier molecular flexibility index (Phi) is 4.88. The van der Waals surface area contributed by atoms with Crippen molar-refractivity contribution in [2.45, 2.75) is 71.4 Å². The van der Waals surface area contributed by atoms with E-state index in [4.69, 9.17) is 5.73 Å². The molecule has 0 aromatic heterocycles. The number of piperidine rings is 1. The standard InChI is InChI=1S/C16H30N2O/c1-11-7-12(2)13(3)18(10-11)16(19)9-14-5-4-6-15(17)8-14/h11-15H,4-10,17H2,1-3H3. The Balaban J connectivity index is 1.91. The van der Waals surface area contributed by atoms with E-state index in [1.807, 2.05) is 0 Å². The van der Waals surface area contributed by atoms with Crippen LogP contribution in [0.4, 0.5) is 0 Å². The minimum Gasteiger partial charge on any atom is -0.339 e. The molecule has 5 atom stereocenters. The van der Waals surface area contributed by atoms with Gasteiger partial charge < -0.3 is 10.6 Å². The van der Waals surface area contributed by atoms with E-state index in [1.165, 1.54) is 19.3 Å². The van der Waals surface area contributed by atoms with Gasteiger partial charge >= 0.3 is 0 Å². The molecule has 2 rings (SSSR count). The number of amides is 1. The Hall–Kier alpha value is -0.570. The van der Waals surface area contributed by atoms with E-state index in [1.54, 1.807) is 0 Å². The van der Waals surface area contributed by atoms with Crippen LogP contribution in [0.1, 0.15) is 59.3 Å². The van der Waals surface area contributed by atoms with Crippen LogP contribution < -0.4 is 5.73 Å². The molecule has 0 aromatic rings. The molecule has 1 heterocycles. The number of nitrogens with two attached hydrogens (primary N) is 1. The van der Waals surface area contributed by atoms with Crippen LogP contribution in [0.2, 0.25) is 0 Å². The van der Waals surface area contributed by atoms with Crippen molar-refractivity contribution in [3.8, 4) is 0 Å². The number of nitrogens with zero attached hydrogens (tertiary/aromatic N) is 1. The molecule has 1 saturated heterocycles. The molecule has 1 amide bonds. The highest BCUT2D eigenvalue weighted by molar-refractivity contribution is 5.77. The van der Waals surface area contributed by atoms with E-state index >= 15 is 0 Å². The largest absolute Gasteiger partial charge is 0.339 e. The zero-order chi connectivity index (χ0) is 14.0. The van der Waals surface area contributed by atoms with Crippen LogP contribution in [0.15, 0.2) is 0 Å². The molecular formula is C16H30N2O. The van der Waals surface area contributed by atoms with E-state index in [2.05, 4.69) is 25.7 Å². The van der Waals surface area contributed by atoms with Crippen molar-refractivity contribution >= 4 is 5.91 Å². The third kappa shape index (κ3) is 3.71. The van der Waals surface area contributed by atoms with Crippen LogP contribution in [0, 0.1) is 17.8 Å². The molecule has 1 aliphatic heterocycles. The summed E-state index contributed by atoms with van der Waals surface area (Å²) in [4.78, 5) is 14.7. The first kappa shape index (κ1) is 14.8. The Morgan fingerprint density at radius 3 is 2.63 bits per heavy atom. The predicted octanol–water partition coefficient (Wildman–Crippen LogP) is 2.79. The Morgan fingerprint density at radius 2 is 1.95 bits per heavy atom. The molecule has 110 valence electrons. The Bertz CT molecular complexity index is 318. The maximum absolute atomic E-state index is 12.6. The lowest BCUT2D eigenvalue weighted by Gasteiger charge is -2.42. The van der Waals surface area contributed by atoms with Crippen molar-refractivity contribution in [2.75, 3.05) is 6.54 Å². The molecule has 5 unspecified atom stereocenters. The van der Waals surface area contributed by atoms with Crippen LogP contribution in [-0.4, -0.2) is 29.4 Å². The quantitative estimate of drug-likeness (QED) is 0.835. The van der Waals surface area contributed by atoms with E-state index in [9.17, 15) is 4.79 Å². The molecular weight excluding hydrogens is 236 g/mol. The van der Waals surface area contributed by atoms with Gasteiger partial charge in [-0.25, -0.2) is 0 Å². The predicted molar refractivity (Wildman–Crippen MR) is 78.7 cm³/mol. The van der Waals surface area contributed by atoms with Gasteiger partial charge in [0.05, 0.1) is 0 Å². The molecule has 1 saturated carbocycles. The zero-order valence-corrected chi connectivity index (χ0v) is 12.8. The highest BCUT2D eigenvalue weighted by Crippen LogP contribution is 2.30. The maximum atomic E-state index is 12.6. The second-order valence-corrected chi connectivity index (χ2v) is 7.10. The van der Waals surface area contributed by atoms with Crippen LogP contribution in [0.5, 0.6) is 0 Å². The summed E-state index contributed by atoms with van der Waals surface area (Å²) in [5.74, 6) is 2.16. The zero-order valence-electron chi connectivity index (χ0n) is 12.8. The first-order valence-electron chi connectivity index (χ1n) is 8.02. The monoisotopic (exact) mass is 266 g/mol. The number of likely N-dealkylation sites (tertiary alicyclic amines) is 1. The average Bonchev–Trinajstić information content (AvgIpc) is 2.33. The van der Waals surface area contributed by atoms with Crippen LogP contribution in [0.25, 0.3) is 0 Å². The third-order valence-corrected chi connectivity index (χ3v) is 5.20. The summed E-state index contributed by atoms with van der Waals surface area (Å²) in [6.07, 6.45) is 6.53. The number of carbonyl (C=O) groups is 1. The Labute approximate surface area is 117 Å². The van der Waals surface area contributed by atoms with Gasteiger partial charge in [0.1, 0.15) is 0 Å². The molecule has 2 aliphatic rings. The summed E-state index contributed by atoms with van der Waals surface area (Å²) in [7, 11) is 0. The van der Waals surface area contributed by atoms with Gasteiger partial charge in [-0.1, -0.05) is 20.3 Å². The highest BCUT2D eigenvalue weighted by atomic mass is 16.2. The fraction of sp³-hybridized carbons (Fsp3) is 0.938. The molecule has 2 fully saturated rings. The first-order valence-corrected chi connectivity index (χ1v) is 8.02. The van der Waals surface area contributed by atoms with Gasteiger partial charge in [-0.2, -0.15) is 0 Å². The molecule has 1 aliphatic carbocycles. The highest BCUT2D eigenvalue weighted by Gasteiger charge is 2.33. The molecule has 3 heteroatoms. The number of hydrogen-bond acceptors (Lipinski definition) is 2. The average molecular weight is 266 g/mol. The first-order chi connectivity index (χ1) is 8.97. The number of rotatable bonds is 2. The van der Waals surface area contributed by atoms with Gasteiger partial charge in [-0.3, -0.25) is 4.79 Å². The Morgan fingerprint density at radius 1 is 1.21 bits per heavy atom. The summed E-state index contributed by atoms with van der Waals surface area (Å²) in [6.45, 7) is 7.69. The van der Waals surface area contributed by atoms with Crippen molar-refractivity contribution < 1.29 is 4.79 Å². The molecule has 0 aromatic carbocycles. The summed E-state index contributed by atoms with van der Waals surface area (Å²) in [5.41, 5.74) is 6.03. The van der Waals surface area contributed by atoms with E-state index in [-0.39, 0.29) is 0 Å². The van der Waals surface area contributed by atoms with E-state index in [0.717, 1.165) is 25.8 Å². The summed E-state index contributed by atoms with van der Waals surface area (Å²) >= 11 is 0. The smallest absolute Gasteiger partial charge is 0.223 e. The number of carbonyl (C=O) groups excluding carboxylic acids is 1. The topological polar surface area (TPSA) is 46.3 Å². The summed E-state index contributed by atoms with van der Waals surface area (Å²) in [5, 5.41) is 0. The van der Waals surface area contributed by atoms with Crippen molar-refractivity contribution in [3.63, 3.8) is 0 Å². The van der Waals surface area contributed by atoms with E-state index < -0.39 is 0 Å². The van der Waals surface area contributed by atoms with Gasteiger partial charge in [0.15, 0.2) is 0 Å².